The van der Waals surface area contributed by atoms with Gasteiger partial charge in [-0.3, -0.25) is 0 Å². The molecule has 4 nitrogen and oxygen atoms in total. The SMILES string of the molecule is CCSc1cccc(N(CC)CC(F)(F)F)c1/C(N)=N/O. The van der Waals surface area contributed by atoms with Gasteiger partial charge in [-0.1, -0.05) is 18.1 Å². The lowest BCUT2D eigenvalue weighted by Gasteiger charge is -2.27. The molecule has 0 atom stereocenters. The minimum Gasteiger partial charge on any atom is -0.409 e. The molecule has 0 unspecified atom stereocenters. The van der Waals surface area contributed by atoms with Gasteiger partial charge >= 0.3 is 6.18 Å². The molecule has 0 heterocycles. The van der Waals surface area contributed by atoms with Crippen molar-refractivity contribution in [1.82, 2.24) is 0 Å². The first-order chi connectivity index (χ1) is 9.84. The Bertz CT molecular complexity index is 506. The van der Waals surface area contributed by atoms with Crippen LogP contribution in [0.3, 0.4) is 0 Å². The Morgan fingerprint density at radius 2 is 2.05 bits per heavy atom. The molecule has 0 fully saturated rings. The Balaban J connectivity index is 3.35. The van der Waals surface area contributed by atoms with Gasteiger partial charge in [-0.2, -0.15) is 13.2 Å². The van der Waals surface area contributed by atoms with Crippen molar-refractivity contribution in [2.45, 2.75) is 24.9 Å². The number of hydrogen-bond donors (Lipinski definition) is 2. The molecule has 21 heavy (non-hydrogen) atoms. The third kappa shape index (κ3) is 4.73. The Kier molecular flexibility index (Phi) is 6.19. The summed E-state index contributed by atoms with van der Waals surface area (Å²) in [7, 11) is 0. The molecule has 0 bridgehead atoms. The number of anilines is 1. The molecule has 8 heteroatoms. The molecular formula is C13H18F3N3OS. The fraction of sp³-hybridized carbons (Fsp3) is 0.462. The lowest BCUT2D eigenvalue weighted by Crippen LogP contribution is -2.35. The van der Waals surface area contributed by atoms with Gasteiger partial charge in [0.2, 0.25) is 0 Å². The molecule has 0 aliphatic heterocycles. The van der Waals surface area contributed by atoms with E-state index < -0.39 is 12.7 Å². The third-order valence-electron chi connectivity index (χ3n) is 2.76. The summed E-state index contributed by atoms with van der Waals surface area (Å²) in [5.74, 6) is 0.530. The van der Waals surface area contributed by atoms with Gasteiger partial charge in [-0.05, 0) is 24.8 Å². The molecule has 0 aliphatic carbocycles. The Hall–Kier alpha value is -1.57. The zero-order valence-electron chi connectivity index (χ0n) is 11.8. The van der Waals surface area contributed by atoms with Crippen LogP contribution in [-0.4, -0.2) is 36.1 Å². The van der Waals surface area contributed by atoms with Crippen LogP contribution in [0.5, 0.6) is 0 Å². The number of benzene rings is 1. The molecule has 0 saturated carbocycles. The number of nitrogens with two attached hydrogens (primary N) is 1. The molecule has 0 aliphatic rings. The number of rotatable bonds is 6. The molecule has 3 N–H and O–H groups in total. The van der Waals surface area contributed by atoms with E-state index in [1.165, 1.54) is 11.8 Å². The largest absolute Gasteiger partial charge is 0.409 e. The van der Waals surface area contributed by atoms with Gasteiger partial charge in [-0.25, -0.2) is 0 Å². The molecule has 1 aromatic rings. The lowest BCUT2D eigenvalue weighted by atomic mass is 10.1. The normalized spacial score (nSPS) is 12.5. The zero-order valence-corrected chi connectivity index (χ0v) is 12.6. The van der Waals surface area contributed by atoms with E-state index in [1.54, 1.807) is 25.1 Å². The molecule has 1 rings (SSSR count). The van der Waals surface area contributed by atoms with Crippen molar-refractivity contribution in [1.29, 1.82) is 0 Å². The molecule has 0 amide bonds. The fourth-order valence-electron chi connectivity index (χ4n) is 1.95. The number of alkyl halides is 3. The second kappa shape index (κ2) is 7.44. The monoisotopic (exact) mass is 321 g/mol. The highest BCUT2D eigenvalue weighted by Gasteiger charge is 2.31. The molecule has 118 valence electrons. The highest BCUT2D eigenvalue weighted by molar-refractivity contribution is 7.99. The zero-order chi connectivity index (χ0) is 16.0. The second-order valence-electron chi connectivity index (χ2n) is 4.20. The van der Waals surface area contributed by atoms with Crippen molar-refractivity contribution in [2.24, 2.45) is 10.9 Å². The van der Waals surface area contributed by atoms with Crippen molar-refractivity contribution in [3.8, 4) is 0 Å². The first kappa shape index (κ1) is 17.5. The van der Waals surface area contributed by atoms with E-state index >= 15 is 0 Å². The number of amidine groups is 1. The Morgan fingerprint density at radius 3 is 2.52 bits per heavy atom. The molecular weight excluding hydrogens is 303 g/mol. The van der Waals surface area contributed by atoms with E-state index in [0.29, 0.717) is 16.1 Å². The van der Waals surface area contributed by atoms with Crippen LogP contribution in [0, 0.1) is 0 Å². The maximum Gasteiger partial charge on any atom is 0.405 e. The van der Waals surface area contributed by atoms with Crippen LogP contribution in [-0.2, 0) is 0 Å². The molecule has 0 aromatic heterocycles. The predicted octanol–water partition coefficient (Wildman–Crippen LogP) is 3.28. The summed E-state index contributed by atoms with van der Waals surface area (Å²) in [4.78, 5) is 1.85. The smallest absolute Gasteiger partial charge is 0.405 e. The van der Waals surface area contributed by atoms with Gasteiger partial charge in [0.1, 0.15) is 6.54 Å². The van der Waals surface area contributed by atoms with Gasteiger partial charge < -0.3 is 15.8 Å². The number of nitrogens with zero attached hydrogens (tertiary/aromatic N) is 2. The van der Waals surface area contributed by atoms with Crippen molar-refractivity contribution < 1.29 is 18.4 Å². The number of oxime groups is 1. The summed E-state index contributed by atoms with van der Waals surface area (Å²) in [6.07, 6.45) is -4.33. The van der Waals surface area contributed by atoms with Crippen molar-refractivity contribution in [3.05, 3.63) is 23.8 Å². The number of halogens is 3. The van der Waals surface area contributed by atoms with Gasteiger partial charge in [0.25, 0.3) is 0 Å². The van der Waals surface area contributed by atoms with Gasteiger partial charge in [0.15, 0.2) is 5.84 Å². The highest BCUT2D eigenvalue weighted by Crippen LogP contribution is 2.32. The van der Waals surface area contributed by atoms with Crippen LogP contribution in [0.25, 0.3) is 0 Å². The van der Waals surface area contributed by atoms with E-state index in [1.807, 2.05) is 6.92 Å². The van der Waals surface area contributed by atoms with E-state index in [0.717, 1.165) is 10.7 Å². The third-order valence-corrected chi connectivity index (χ3v) is 3.70. The topological polar surface area (TPSA) is 61.8 Å². The first-order valence-electron chi connectivity index (χ1n) is 6.39. The van der Waals surface area contributed by atoms with Crippen molar-refractivity contribution in [3.63, 3.8) is 0 Å². The van der Waals surface area contributed by atoms with E-state index in [4.69, 9.17) is 10.9 Å². The number of thioether (sulfide) groups is 1. The van der Waals surface area contributed by atoms with Crippen LogP contribution in [0.1, 0.15) is 19.4 Å². The lowest BCUT2D eigenvalue weighted by molar-refractivity contribution is -0.119. The van der Waals surface area contributed by atoms with E-state index in [2.05, 4.69) is 5.16 Å². The summed E-state index contributed by atoms with van der Waals surface area (Å²) in [5.41, 5.74) is 6.30. The number of hydrogen-bond acceptors (Lipinski definition) is 4. The Morgan fingerprint density at radius 1 is 1.38 bits per heavy atom. The van der Waals surface area contributed by atoms with Crippen LogP contribution in [0.4, 0.5) is 18.9 Å². The van der Waals surface area contributed by atoms with Crippen LogP contribution in [0.2, 0.25) is 0 Å². The minimum absolute atomic E-state index is 0.158. The summed E-state index contributed by atoms with van der Waals surface area (Å²) in [6, 6.07) is 4.95. The molecule has 0 radical (unpaired) electrons. The average molecular weight is 321 g/mol. The van der Waals surface area contributed by atoms with Gasteiger partial charge in [0, 0.05) is 17.1 Å². The van der Waals surface area contributed by atoms with Crippen LogP contribution in [0.15, 0.2) is 28.3 Å². The summed E-state index contributed by atoms with van der Waals surface area (Å²) < 4.78 is 38.1. The van der Waals surface area contributed by atoms with Crippen molar-refractivity contribution in [2.75, 3.05) is 23.7 Å². The summed E-state index contributed by atoms with van der Waals surface area (Å²) >= 11 is 1.43. The maximum atomic E-state index is 12.7. The van der Waals surface area contributed by atoms with E-state index in [-0.39, 0.29) is 12.4 Å². The molecule has 0 spiro atoms. The predicted molar refractivity (Wildman–Crippen MR) is 79.3 cm³/mol. The average Bonchev–Trinajstić information content (AvgIpc) is 2.43. The highest BCUT2D eigenvalue weighted by atomic mass is 32.2. The maximum absolute atomic E-state index is 12.7. The Labute approximate surface area is 125 Å². The summed E-state index contributed by atoms with van der Waals surface area (Å²) in [5, 5.41) is 11.9. The molecule has 0 saturated heterocycles. The minimum atomic E-state index is -4.33. The van der Waals surface area contributed by atoms with Gasteiger partial charge in [-0.15, -0.1) is 11.8 Å². The van der Waals surface area contributed by atoms with Crippen LogP contribution < -0.4 is 10.6 Å². The first-order valence-corrected chi connectivity index (χ1v) is 7.38. The van der Waals surface area contributed by atoms with Crippen LogP contribution >= 0.6 is 11.8 Å². The fourth-order valence-corrected chi connectivity index (χ4v) is 2.79. The summed E-state index contributed by atoms with van der Waals surface area (Å²) in [6.45, 7) is 2.61. The van der Waals surface area contributed by atoms with Crippen molar-refractivity contribution >= 4 is 23.3 Å². The second-order valence-corrected chi connectivity index (χ2v) is 5.50. The van der Waals surface area contributed by atoms with Gasteiger partial charge in [0.05, 0.1) is 5.56 Å². The standard InChI is InChI=1S/C13H18F3N3OS/c1-3-19(8-13(14,15)16)9-6-5-7-10(21-4-2)11(9)12(17)18-20/h5-7,20H,3-4,8H2,1-2H3,(H2,17,18). The molecule has 1 aromatic carbocycles. The van der Waals surface area contributed by atoms with E-state index in [9.17, 15) is 13.2 Å². The quantitative estimate of drug-likeness (QED) is 0.277.